The van der Waals surface area contributed by atoms with E-state index in [1.54, 1.807) is 39.5 Å². The second kappa shape index (κ2) is 7.52. The monoisotopic (exact) mass is 325 g/mol. The lowest BCUT2D eigenvalue weighted by Crippen LogP contribution is -2.46. The molecule has 23 heavy (non-hydrogen) atoms. The Balaban J connectivity index is 2.09. The summed E-state index contributed by atoms with van der Waals surface area (Å²) in [6, 6.07) is 4.45. The topological polar surface area (TPSA) is 86.3 Å². The highest BCUT2D eigenvalue weighted by Gasteiger charge is 2.41. The highest BCUT2D eigenvalue weighted by atomic mass is 16.7. The Labute approximate surface area is 135 Å². The van der Waals surface area contributed by atoms with Gasteiger partial charge in [0.2, 0.25) is 6.29 Å². The van der Waals surface area contributed by atoms with Crippen molar-refractivity contribution in [3.05, 3.63) is 18.2 Å². The van der Waals surface area contributed by atoms with Gasteiger partial charge in [0.05, 0.1) is 20.3 Å². The molecule has 1 aromatic rings. The quantitative estimate of drug-likeness (QED) is 0.786. The maximum atomic E-state index is 11.3. The lowest BCUT2D eigenvalue weighted by molar-refractivity contribution is -0.147. The zero-order valence-electron chi connectivity index (χ0n) is 13.7. The van der Waals surface area contributed by atoms with Crippen molar-refractivity contribution < 1.29 is 28.8 Å². The number of hydrogen-bond acceptors (Lipinski definition) is 6. The molecule has 1 saturated heterocycles. The molecule has 1 aromatic carbocycles. The summed E-state index contributed by atoms with van der Waals surface area (Å²) >= 11 is 0. The van der Waals surface area contributed by atoms with Crippen molar-refractivity contribution >= 4 is 5.97 Å². The van der Waals surface area contributed by atoms with Gasteiger partial charge < -0.3 is 29.4 Å². The number of likely N-dealkylation sites (N-methyl/N-ethyl adjacent to an activating group) is 1. The van der Waals surface area contributed by atoms with Crippen LogP contribution in [-0.4, -0.2) is 50.8 Å². The normalized spacial score (nSPS) is 25.0. The zero-order valence-corrected chi connectivity index (χ0v) is 13.7. The molecule has 1 heterocycles. The molecular weight excluding hydrogens is 302 g/mol. The van der Waals surface area contributed by atoms with Crippen LogP contribution in [0.4, 0.5) is 0 Å². The molecule has 0 aromatic heterocycles. The summed E-state index contributed by atoms with van der Waals surface area (Å²) in [6.45, 7) is 1.95. The van der Waals surface area contributed by atoms with Crippen molar-refractivity contribution in [3.8, 4) is 17.2 Å². The Morgan fingerprint density at radius 2 is 1.83 bits per heavy atom. The number of carboxylic acids is 1. The van der Waals surface area contributed by atoms with E-state index in [0.29, 0.717) is 23.7 Å². The molecule has 2 unspecified atom stereocenters. The van der Waals surface area contributed by atoms with Crippen molar-refractivity contribution in [2.24, 2.45) is 5.92 Å². The molecule has 0 amide bonds. The predicted molar refractivity (Wildman–Crippen MR) is 83.1 cm³/mol. The van der Waals surface area contributed by atoms with Crippen LogP contribution in [0.5, 0.6) is 17.2 Å². The fourth-order valence-electron chi connectivity index (χ4n) is 2.72. The summed E-state index contributed by atoms with van der Waals surface area (Å²) in [5.41, 5.74) is 0. The summed E-state index contributed by atoms with van der Waals surface area (Å²) in [5.74, 6) is 0.894. The third kappa shape index (κ3) is 4.05. The van der Waals surface area contributed by atoms with Crippen molar-refractivity contribution in [1.29, 1.82) is 0 Å². The first kappa shape index (κ1) is 17.4. The van der Waals surface area contributed by atoms with Gasteiger partial charge in [0, 0.05) is 24.6 Å². The van der Waals surface area contributed by atoms with Crippen LogP contribution in [0.3, 0.4) is 0 Å². The van der Waals surface area contributed by atoms with Gasteiger partial charge in [-0.3, -0.25) is 4.79 Å². The second-order valence-electron chi connectivity index (χ2n) is 5.51. The third-order valence-electron chi connectivity index (χ3n) is 3.93. The Hall–Kier alpha value is -1.99. The molecule has 0 aliphatic carbocycles. The Bertz CT molecular complexity index is 527. The van der Waals surface area contributed by atoms with Crippen LogP contribution in [0.25, 0.3) is 0 Å². The van der Waals surface area contributed by atoms with E-state index in [-0.39, 0.29) is 5.92 Å². The molecule has 0 radical (unpaired) electrons. The lowest BCUT2D eigenvalue weighted by Gasteiger charge is -2.22. The molecule has 1 aliphatic heterocycles. The predicted octanol–water partition coefficient (Wildman–Crippen LogP) is 1.51. The fraction of sp³-hybridized carbons (Fsp3) is 0.562. The van der Waals surface area contributed by atoms with Crippen LogP contribution >= 0.6 is 0 Å². The van der Waals surface area contributed by atoms with Crippen LogP contribution in [0.2, 0.25) is 0 Å². The van der Waals surface area contributed by atoms with Gasteiger partial charge in [-0.2, -0.15) is 0 Å². The van der Waals surface area contributed by atoms with E-state index in [2.05, 4.69) is 5.32 Å². The van der Waals surface area contributed by atoms with Gasteiger partial charge in [0.15, 0.2) is 0 Å². The van der Waals surface area contributed by atoms with Gasteiger partial charge >= 0.3 is 5.97 Å². The van der Waals surface area contributed by atoms with E-state index < -0.39 is 24.4 Å². The molecular formula is C16H23NO6. The molecule has 7 heteroatoms. The summed E-state index contributed by atoms with van der Waals surface area (Å²) in [7, 11) is 4.73. The number of ether oxygens (including phenoxy) is 4. The largest absolute Gasteiger partial charge is 0.496 e. The van der Waals surface area contributed by atoms with Crippen molar-refractivity contribution in [2.75, 3.05) is 21.3 Å². The van der Waals surface area contributed by atoms with Crippen LogP contribution in [0.15, 0.2) is 18.2 Å². The first-order valence-corrected chi connectivity index (χ1v) is 7.43. The highest BCUT2D eigenvalue weighted by molar-refractivity contribution is 5.74. The standard InChI is InChI=1S/C16H23NO6/c1-9-5-13(23-15(9)14(17-2)16(18)19)22-12-7-10(20-3)6-11(8-12)21-4/h6-9,13-15,17H,5H2,1-4H3,(H,18,19)/t9-,13?,14?,15-/m1/s1. The number of benzene rings is 1. The minimum atomic E-state index is -0.937. The molecule has 0 saturated carbocycles. The summed E-state index contributed by atoms with van der Waals surface area (Å²) in [4.78, 5) is 11.3. The fourth-order valence-corrected chi connectivity index (χ4v) is 2.72. The van der Waals surface area contributed by atoms with E-state index >= 15 is 0 Å². The van der Waals surface area contributed by atoms with Gasteiger partial charge in [0.25, 0.3) is 0 Å². The second-order valence-corrected chi connectivity index (χ2v) is 5.51. The van der Waals surface area contributed by atoms with Crippen LogP contribution in [0.1, 0.15) is 13.3 Å². The average Bonchev–Trinajstić information content (AvgIpc) is 2.87. The molecule has 4 atom stereocenters. The van der Waals surface area contributed by atoms with Gasteiger partial charge in [-0.1, -0.05) is 6.92 Å². The summed E-state index contributed by atoms with van der Waals surface area (Å²) < 4.78 is 22.0. The minimum Gasteiger partial charge on any atom is -0.496 e. The Kier molecular flexibility index (Phi) is 5.68. The van der Waals surface area contributed by atoms with Crippen molar-refractivity contribution in [1.82, 2.24) is 5.32 Å². The number of hydrogen-bond donors (Lipinski definition) is 2. The number of aliphatic carboxylic acids is 1. The smallest absolute Gasteiger partial charge is 0.323 e. The molecule has 7 nitrogen and oxygen atoms in total. The van der Waals surface area contributed by atoms with Gasteiger partial charge in [-0.25, -0.2) is 0 Å². The van der Waals surface area contributed by atoms with Gasteiger partial charge in [-0.15, -0.1) is 0 Å². The molecule has 2 N–H and O–H groups in total. The first-order chi connectivity index (χ1) is 11.0. The first-order valence-electron chi connectivity index (χ1n) is 7.43. The lowest BCUT2D eigenvalue weighted by atomic mass is 9.97. The Morgan fingerprint density at radius 1 is 1.26 bits per heavy atom. The van der Waals surface area contributed by atoms with E-state index in [0.717, 1.165) is 0 Å². The molecule has 0 bridgehead atoms. The molecule has 1 aliphatic rings. The number of carbonyl (C=O) groups is 1. The number of nitrogens with one attached hydrogen (secondary N) is 1. The number of carboxylic acid groups (broad SMARTS) is 1. The van der Waals surface area contributed by atoms with E-state index in [9.17, 15) is 9.90 Å². The van der Waals surface area contributed by atoms with E-state index in [1.165, 1.54) is 0 Å². The summed E-state index contributed by atoms with van der Waals surface area (Å²) in [6.07, 6.45) is -0.354. The maximum Gasteiger partial charge on any atom is 0.323 e. The Morgan fingerprint density at radius 3 is 2.30 bits per heavy atom. The molecule has 128 valence electrons. The van der Waals surface area contributed by atoms with Crippen LogP contribution < -0.4 is 19.5 Å². The minimum absolute atomic E-state index is 0.0565. The third-order valence-corrected chi connectivity index (χ3v) is 3.93. The van der Waals surface area contributed by atoms with Crippen molar-refractivity contribution in [3.63, 3.8) is 0 Å². The van der Waals surface area contributed by atoms with Gasteiger partial charge in [-0.05, 0) is 13.0 Å². The van der Waals surface area contributed by atoms with E-state index in [4.69, 9.17) is 18.9 Å². The molecule has 1 fully saturated rings. The van der Waals surface area contributed by atoms with Crippen LogP contribution in [-0.2, 0) is 9.53 Å². The number of methoxy groups -OCH3 is 2. The zero-order chi connectivity index (χ0) is 17.0. The molecule has 0 spiro atoms. The molecule has 2 rings (SSSR count). The highest BCUT2D eigenvalue weighted by Crippen LogP contribution is 2.33. The summed E-state index contributed by atoms with van der Waals surface area (Å²) in [5, 5.41) is 12.0. The van der Waals surface area contributed by atoms with Crippen molar-refractivity contribution in [2.45, 2.75) is 31.8 Å². The van der Waals surface area contributed by atoms with E-state index in [1.807, 2.05) is 6.92 Å². The maximum absolute atomic E-state index is 11.3. The number of rotatable bonds is 7. The van der Waals surface area contributed by atoms with Crippen LogP contribution in [0, 0.1) is 5.92 Å². The van der Waals surface area contributed by atoms with Gasteiger partial charge in [0.1, 0.15) is 23.3 Å². The average molecular weight is 325 g/mol. The SMILES string of the molecule is CNC(C(=O)O)[C@@H]1OC(Oc2cc(OC)cc(OC)c2)C[C@H]1C.